The van der Waals surface area contributed by atoms with E-state index in [1.807, 2.05) is 0 Å². The Balaban J connectivity index is 2.27. The highest BCUT2D eigenvalue weighted by Gasteiger charge is 2.29. The summed E-state index contributed by atoms with van der Waals surface area (Å²) in [6.07, 6.45) is 0.468. The van der Waals surface area contributed by atoms with Crippen molar-refractivity contribution in [2.24, 2.45) is 0 Å². The zero-order valence-electron chi connectivity index (χ0n) is 11.4. The molecule has 1 unspecified atom stereocenters. The smallest absolute Gasteiger partial charge is 0.252 e. The van der Waals surface area contributed by atoms with Crippen LogP contribution in [0.3, 0.4) is 0 Å². The van der Waals surface area contributed by atoms with Gasteiger partial charge < -0.3 is 5.11 Å². The van der Waals surface area contributed by atoms with Gasteiger partial charge in [0.05, 0.1) is 5.52 Å². The summed E-state index contributed by atoms with van der Waals surface area (Å²) in [6, 6.07) is 5.44. The zero-order valence-corrected chi connectivity index (χ0v) is 11.4. The number of phenolic OH excluding ortho intramolecular Hbond substituents is 1. The van der Waals surface area contributed by atoms with Crippen molar-refractivity contribution in [2.45, 2.75) is 25.8 Å². The van der Waals surface area contributed by atoms with E-state index in [-0.39, 0.29) is 30.1 Å². The molecular weight excluding hydrogens is 272 g/mol. The highest BCUT2D eigenvalue weighted by molar-refractivity contribution is 6.00. The molecule has 6 nitrogen and oxygen atoms in total. The molecule has 2 heterocycles. The van der Waals surface area contributed by atoms with E-state index in [2.05, 4.69) is 5.32 Å². The zero-order chi connectivity index (χ0) is 15.1. The first kappa shape index (κ1) is 13.4. The molecule has 108 valence electrons. The summed E-state index contributed by atoms with van der Waals surface area (Å²) < 4.78 is 1.35. The van der Waals surface area contributed by atoms with Gasteiger partial charge in [0.1, 0.15) is 11.8 Å². The van der Waals surface area contributed by atoms with E-state index in [1.54, 1.807) is 13.0 Å². The molecule has 0 bridgehead atoms. The van der Waals surface area contributed by atoms with Gasteiger partial charge in [0.2, 0.25) is 11.8 Å². The molecular formula is C15H14N2O4. The first-order valence-corrected chi connectivity index (χ1v) is 6.66. The molecule has 3 rings (SSSR count). The number of fused-ring (bicyclic) bond motifs is 1. The average molecular weight is 286 g/mol. The Kier molecular flexibility index (Phi) is 3.01. The van der Waals surface area contributed by atoms with Crippen LogP contribution < -0.4 is 10.9 Å². The molecule has 2 aromatic rings. The molecule has 0 spiro atoms. The van der Waals surface area contributed by atoms with E-state index < -0.39 is 11.9 Å². The molecule has 1 aromatic heterocycles. The molecule has 21 heavy (non-hydrogen) atoms. The Morgan fingerprint density at radius 2 is 2.00 bits per heavy atom. The molecule has 1 aliphatic heterocycles. The maximum atomic E-state index is 12.3. The van der Waals surface area contributed by atoms with Crippen molar-refractivity contribution in [2.75, 3.05) is 0 Å². The van der Waals surface area contributed by atoms with E-state index in [4.69, 9.17) is 0 Å². The van der Waals surface area contributed by atoms with Crippen LogP contribution in [0.25, 0.3) is 10.9 Å². The molecule has 1 saturated heterocycles. The summed E-state index contributed by atoms with van der Waals surface area (Å²) >= 11 is 0. The number of pyridine rings is 1. The van der Waals surface area contributed by atoms with E-state index in [9.17, 15) is 19.5 Å². The Hall–Kier alpha value is -2.63. The van der Waals surface area contributed by atoms with Crippen molar-refractivity contribution < 1.29 is 14.7 Å². The van der Waals surface area contributed by atoms with E-state index in [0.29, 0.717) is 5.52 Å². The minimum atomic E-state index is -0.736. The number of nitrogens with zero attached hydrogens (tertiary/aromatic N) is 1. The Morgan fingerprint density at radius 3 is 2.71 bits per heavy atom. The molecule has 1 aromatic carbocycles. The summed E-state index contributed by atoms with van der Waals surface area (Å²) in [5.41, 5.74) is 0.952. The van der Waals surface area contributed by atoms with Gasteiger partial charge >= 0.3 is 0 Å². The van der Waals surface area contributed by atoms with Crippen LogP contribution in [-0.4, -0.2) is 21.5 Å². The molecule has 2 amide bonds. The third kappa shape index (κ3) is 2.18. The summed E-state index contributed by atoms with van der Waals surface area (Å²) in [6.45, 7) is 1.80. The second kappa shape index (κ2) is 4.73. The lowest BCUT2D eigenvalue weighted by Gasteiger charge is -2.24. The lowest BCUT2D eigenvalue weighted by atomic mass is 10.0. The molecule has 0 aliphatic carbocycles. The number of amides is 2. The van der Waals surface area contributed by atoms with Crippen LogP contribution in [0.5, 0.6) is 5.75 Å². The van der Waals surface area contributed by atoms with Crippen LogP contribution in [0.2, 0.25) is 0 Å². The minimum absolute atomic E-state index is 0.0218. The molecule has 0 radical (unpaired) electrons. The number of phenols is 1. The molecule has 2 N–H and O–H groups in total. The normalized spacial score (nSPS) is 18.8. The van der Waals surface area contributed by atoms with Crippen LogP contribution in [0.4, 0.5) is 0 Å². The highest BCUT2D eigenvalue weighted by atomic mass is 16.3. The number of imide groups is 1. The van der Waals surface area contributed by atoms with Crippen molar-refractivity contribution >= 4 is 22.7 Å². The molecule has 1 aliphatic rings. The predicted octanol–water partition coefficient (Wildman–Crippen LogP) is 0.993. The number of aromatic nitrogens is 1. The van der Waals surface area contributed by atoms with Crippen molar-refractivity contribution in [1.29, 1.82) is 0 Å². The third-order valence-corrected chi connectivity index (χ3v) is 3.76. The summed E-state index contributed by atoms with van der Waals surface area (Å²) in [5, 5.41) is 12.7. The highest BCUT2D eigenvalue weighted by Crippen LogP contribution is 2.26. The Bertz CT molecular complexity index is 822. The number of benzene rings is 1. The second-order valence-electron chi connectivity index (χ2n) is 5.20. The number of aryl methyl sites for hydroxylation is 1. The average Bonchev–Trinajstić information content (AvgIpc) is 2.40. The Labute approximate surface area is 120 Å². The van der Waals surface area contributed by atoms with E-state index in [0.717, 1.165) is 10.9 Å². The van der Waals surface area contributed by atoms with Crippen molar-refractivity contribution in [1.82, 2.24) is 9.88 Å². The number of nitrogens with one attached hydrogen (secondary N) is 1. The predicted molar refractivity (Wildman–Crippen MR) is 76.0 cm³/mol. The number of hydrogen-bond donors (Lipinski definition) is 2. The van der Waals surface area contributed by atoms with Crippen LogP contribution >= 0.6 is 0 Å². The lowest BCUT2D eigenvalue weighted by Crippen LogP contribution is -2.44. The fourth-order valence-corrected chi connectivity index (χ4v) is 2.75. The Morgan fingerprint density at radius 1 is 1.24 bits per heavy atom. The summed E-state index contributed by atoms with van der Waals surface area (Å²) in [4.78, 5) is 35.6. The van der Waals surface area contributed by atoms with Crippen LogP contribution in [0.15, 0.2) is 29.1 Å². The number of carbonyl (C=O) groups excluding carboxylic acids is 2. The molecule has 1 fully saturated rings. The number of hydrogen-bond acceptors (Lipinski definition) is 4. The van der Waals surface area contributed by atoms with Crippen LogP contribution in [0, 0.1) is 6.92 Å². The third-order valence-electron chi connectivity index (χ3n) is 3.76. The molecule has 1 atom stereocenters. The largest absolute Gasteiger partial charge is 0.508 e. The summed E-state index contributed by atoms with van der Waals surface area (Å²) in [7, 11) is 0. The minimum Gasteiger partial charge on any atom is -0.508 e. The topological polar surface area (TPSA) is 88.4 Å². The molecule has 0 saturated carbocycles. The van der Waals surface area contributed by atoms with Crippen LogP contribution in [0.1, 0.15) is 24.4 Å². The molecule has 6 heteroatoms. The van der Waals surface area contributed by atoms with Gasteiger partial charge in [-0.15, -0.1) is 0 Å². The first-order valence-electron chi connectivity index (χ1n) is 6.66. The second-order valence-corrected chi connectivity index (χ2v) is 5.20. The maximum Gasteiger partial charge on any atom is 0.252 e. The van der Waals surface area contributed by atoms with Gasteiger partial charge in [0, 0.05) is 23.9 Å². The number of aromatic hydroxyl groups is 1. The van der Waals surface area contributed by atoms with Gasteiger partial charge in [0.25, 0.3) is 5.56 Å². The standard InChI is InChI=1S/C15H14N2O4/c1-8-6-14(20)17(11-4-5-13(19)16-15(11)21)12-7-9(18)2-3-10(8)12/h2-3,6-7,11,18H,4-5H2,1H3,(H,16,19,21). The van der Waals surface area contributed by atoms with Gasteiger partial charge in [-0.3, -0.25) is 24.3 Å². The van der Waals surface area contributed by atoms with Gasteiger partial charge in [-0.05, 0) is 31.0 Å². The number of rotatable bonds is 1. The fraction of sp³-hybridized carbons (Fsp3) is 0.267. The van der Waals surface area contributed by atoms with Crippen molar-refractivity contribution in [3.8, 4) is 5.75 Å². The van der Waals surface area contributed by atoms with Crippen molar-refractivity contribution in [3.63, 3.8) is 0 Å². The fourth-order valence-electron chi connectivity index (χ4n) is 2.75. The lowest BCUT2D eigenvalue weighted by molar-refractivity contribution is -0.135. The van der Waals surface area contributed by atoms with E-state index in [1.165, 1.54) is 22.8 Å². The van der Waals surface area contributed by atoms with Gasteiger partial charge in [-0.1, -0.05) is 0 Å². The number of piperidine rings is 1. The maximum absolute atomic E-state index is 12.3. The van der Waals surface area contributed by atoms with Gasteiger partial charge in [-0.25, -0.2) is 0 Å². The van der Waals surface area contributed by atoms with E-state index >= 15 is 0 Å². The van der Waals surface area contributed by atoms with Gasteiger partial charge in [0.15, 0.2) is 0 Å². The number of carbonyl (C=O) groups is 2. The van der Waals surface area contributed by atoms with Crippen LogP contribution in [-0.2, 0) is 9.59 Å². The quantitative estimate of drug-likeness (QED) is 0.765. The first-order chi connectivity index (χ1) is 9.97. The summed E-state index contributed by atoms with van der Waals surface area (Å²) in [5.74, 6) is -0.793. The monoisotopic (exact) mass is 286 g/mol. The van der Waals surface area contributed by atoms with Crippen molar-refractivity contribution in [3.05, 3.63) is 40.2 Å². The SMILES string of the molecule is Cc1cc(=O)n(C2CCC(=O)NC2=O)c2cc(O)ccc12. The van der Waals surface area contributed by atoms with Gasteiger partial charge in [-0.2, -0.15) is 0 Å².